The Hall–Kier alpha value is -2.59. The number of pyridine rings is 1. The number of hydrogen-bond acceptors (Lipinski definition) is 3. The number of nitrogen functional groups attached to an aromatic ring is 1. The maximum absolute atomic E-state index is 7.40. The molecule has 3 rings (SSSR count). The van der Waals surface area contributed by atoms with E-state index >= 15 is 0 Å². The van der Waals surface area contributed by atoms with Crippen molar-refractivity contribution in [1.29, 1.82) is 5.41 Å². The summed E-state index contributed by atoms with van der Waals surface area (Å²) in [5.74, 6) is 1.10. The number of aromatic nitrogens is 1. The molecule has 5 heteroatoms. The van der Waals surface area contributed by atoms with E-state index in [1.807, 2.05) is 30.3 Å². The van der Waals surface area contributed by atoms with Gasteiger partial charge in [-0.05, 0) is 30.3 Å². The first kappa shape index (κ1) is 13.4. The minimum absolute atomic E-state index is 0.0322. The summed E-state index contributed by atoms with van der Waals surface area (Å²) in [6, 6.07) is 14.6. The van der Waals surface area contributed by atoms with Crippen molar-refractivity contribution in [3.8, 4) is 11.5 Å². The van der Waals surface area contributed by atoms with Crippen LogP contribution in [0.5, 0.6) is 11.5 Å². The molecule has 104 valence electrons. The highest BCUT2D eigenvalue weighted by Gasteiger charge is 2.09. The minimum Gasteiger partial charge on any atom is -0.454 e. The highest BCUT2D eigenvalue weighted by molar-refractivity contribution is 6.32. The van der Waals surface area contributed by atoms with Gasteiger partial charge in [0.15, 0.2) is 5.75 Å². The van der Waals surface area contributed by atoms with Crippen LogP contribution in [0.2, 0.25) is 5.02 Å². The van der Waals surface area contributed by atoms with Crippen LogP contribution in [0.3, 0.4) is 0 Å². The normalized spacial score (nSPS) is 10.5. The van der Waals surface area contributed by atoms with Crippen LogP contribution in [-0.2, 0) is 0 Å². The lowest BCUT2D eigenvalue weighted by Gasteiger charge is -2.10. The average molecular weight is 298 g/mol. The molecule has 0 aliphatic heterocycles. The Morgan fingerprint density at radius 1 is 1.10 bits per heavy atom. The monoisotopic (exact) mass is 297 g/mol. The Morgan fingerprint density at radius 2 is 1.90 bits per heavy atom. The summed E-state index contributed by atoms with van der Waals surface area (Å²) in [5.41, 5.74) is 6.76. The molecular formula is C16H12ClN3O. The molecule has 0 bridgehead atoms. The number of rotatable bonds is 3. The van der Waals surface area contributed by atoms with Gasteiger partial charge in [0.05, 0.1) is 5.02 Å². The second-order valence-corrected chi connectivity index (χ2v) is 4.90. The van der Waals surface area contributed by atoms with Gasteiger partial charge in [-0.1, -0.05) is 29.8 Å². The van der Waals surface area contributed by atoms with Gasteiger partial charge in [-0.15, -0.1) is 0 Å². The Kier molecular flexibility index (Phi) is 3.46. The predicted octanol–water partition coefficient (Wildman–Crippen LogP) is 3.96. The third-order valence-corrected chi connectivity index (χ3v) is 3.35. The van der Waals surface area contributed by atoms with E-state index in [-0.39, 0.29) is 5.84 Å². The van der Waals surface area contributed by atoms with Crippen molar-refractivity contribution in [3.05, 3.63) is 65.3 Å². The zero-order valence-corrected chi connectivity index (χ0v) is 11.8. The van der Waals surface area contributed by atoms with Gasteiger partial charge in [-0.25, -0.2) is 0 Å². The van der Waals surface area contributed by atoms with E-state index in [0.29, 0.717) is 22.1 Å². The van der Waals surface area contributed by atoms with E-state index in [0.717, 1.165) is 10.9 Å². The van der Waals surface area contributed by atoms with E-state index in [4.69, 9.17) is 27.5 Å². The molecule has 0 radical (unpaired) electrons. The highest BCUT2D eigenvalue weighted by atomic mass is 35.5. The SMILES string of the molecule is N=C(N)c1ccc(Oc2cccc3cccnc23)c(Cl)c1. The van der Waals surface area contributed by atoms with Crippen molar-refractivity contribution >= 4 is 28.3 Å². The molecule has 0 unspecified atom stereocenters. The predicted molar refractivity (Wildman–Crippen MR) is 84.3 cm³/mol. The number of ether oxygens (including phenoxy) is 1. The summed E-state index contributed by atoms with van der Waals surface area (Å²) < 4.78 is 5.85. The largest absolute Gasteiger partial charge is 0.454 e. The first-order valence-electron chi connectivity index (χ1n) is 6.31. The van der Waals surface area contributed by atoms with Crippen LogP contribution in [0.4, 0.5) is 0 Å². The quantitative estimate of drug-likeness (QED) is 0.567. The summed E-state index contributed by atoms with van der Waals surface area (Å²) in [4.78, 5) is 4.33. The Balaban J connectivity index is 2.01. The fourth-order valence-corrected chi connectivity index (χ4v) is 2.25. The Morgan fingerprint density at radius 3 is 2.67 bits per heavy atom. The van der Waals surface area contributed by atoms with Crippen LogP contribution in [0.25, 0.3) is 10.9 Å². The first-order valence-corrected chi connectivity index (χ1v) is 6.68. The molecule has 0 fully saturated rings. The fourth-order valence-electron chi connectivity index (χ4n) is 2.03. The zero-order chi connectivity index (χ0) is 14.8. The van der Waals surface area contributed by atoms with Gasteiger partial charge >= 0.3 is 0 Å². The standard InChI is InChI=1S/C16H12ClN3O/c17-12-9-11(16(18)19)6-7-13(12)21-14-5-1-3-10-4-2-8-20-15(10)14/h1-9H,(H3,18,19). The van der Waals surface area contributed by atoms with Crippen LogP contribution in [0, 0.1) is 5.41 Å². The molecule has 4 nitrogen and oxygen atoms in total. The summed E-state index contributed by atoms with van der Waals surface area (Å²) >= 11 is 6.18. The van der Waals surface area contributed by atoms with Gasteiger partial charge in [0.2, 0.25) is 0 Å². The minimum atomic E-state index is -0.0322. The van der Waals surface area contributed by atoms with Gasteiger partial charge < -0.3 is 10.5 Å². The number of nitrogens with two attached hydrogens (primary N) is 1. The van der Waals surface area contributed by atoms with E-state index in [1.165, 1.54) is 0 Å². The number of benzene rings is 2. The molecule has 1 heterocycles. The molecule has 0 spiro atoms. The lowest BCUT2D eigenvalue weighted by atomic mass is 10.2. The number of fused-ring (bicyclic) bond motifs is 1. The molecule has 0 amide bonds. The van der Waals surface area contributed by atoms with Gasteiger partial charge in [0.25, 0.3) is 0 Å². The summed E-state index contributed by atoms with van der Waals surface area (Å²) in [6.07, 6.45) is 1.72. The highest BCUT2D eigenvalue weighted by Crippen LogP contribution is 2.33. The third-order valence-electron chi connectivity index (χ3n) is 3.06. The average Bonchev–Trinajstić information content (AvgIpc) is 2.49. The van der Waals surface area contributed by atoms with Gasteiger partial charge in [0.1, 0.15) is 17.1 Å². The van der Waals surface area contributed by atoms with Crippen molar-refractivity contribution < 1.29 is 4.74 Å². The van der Waals surface area contributed by atoms with Gasteiger partial charge in [-0.2, -0.15) is 0 Å². The van der Waals surface area contributed by atoms with Crippen molar-refractivity contribution in [2.75, 3.05) is 0 Å². The van der Waals surface area contributed by atoms with Gasteiger partial charge in [-0.3, -0.25) is 10.4 Å². The lowest BCUT2D eigenvalue weighted by Crippen LogP contribution is -2.10. The maximum atomic E-state index is 7.40. The van der Waals surface area contributed by atoms with Crippen LogP contribution >= 0.6 is 11.6 Å². The molecule has 0 saturated heterocycles. The molecule has 2 aromatic carbocycles. The molecular weight excluding hydrogens is 286 g/mol. The molecule has 0 aliphatic rings. The molecule has 0 aliphatic carbocycles. The Labute approximate surface area is 126 Å². The molecule has 1 aromatic heterocycles. The topological polar surface area (TPSA) is 72.0 Å². The fraction of sp³-hybridized carbons (Fsp3) is 0. The first-order chi connectivity index (χ1) is 10.1. The van der Waals surface area contributed by atoms with Crippen LogP contribution in [0.1, 0.15) is 5.56 Å². The summed E-state index contributed by atoms with van der Waals surface area (Å²) in [6.45, 7) is 0. The van der Waals surface area contributed by atoms with E-state index in [9.17, 15) is 0 Å². The maximum Gasteiger partial charge on any atom is 0.153 e. The number of nitrogens with one attached hydrogen (secondary N) is 1. The summed E-state index contributed by atoms with van der Waals surface area (Å²) in [5, 5.41) is 8.79. The molecule has 0 atom stereocenters. The Bertz CT molecular complexity index is 827. The van der Waals surface area contributed by atoms with E-state index < -0.39 is 0 Å². The number of halogens is 1. The van der Waals surface area contributed by atoms with E-state index in [2.05, 4.69) is 4.98 Å². The number of nitrogens with zero attached hydrogens (tertiary/aromatic N) is 1. The second kappa shape index (κ2) is 5.42. The lowest BCUT2D eigenvalue weighted by molar-refractivity contribution is 0.487. The van der Waals surface area contributed by atoms with Crippen LogP contribution in [-0.4, -0.2) is 10.8 Å². The van der Waals surface area contributed by atoms with Crippen molar-refractivity contribution in [2.45, 2.75) is 0 Å². The summed E-state index contributed by atoms with van der Waals surface area (Å²) in [7, 11) is 0. The number of hydrogen-bond donors (Lipinski definition) is 2. The van der Waals surface area contributed by atoms with Crippen LogP contribution in [0.15, 0.2) is 54.7 Å². The third kappa shape index (κ3) is 2.66. The second-order valence-electron chi connectivity index (χ2n) is 4.49. The number of para-hydroxylation sites is 1. The van der Waals surface area contributed by atoms with Crippen LogP contribution < -0.4 is 10.5 Å². The van der Waals surface area contributed by atoms with Crippen molar-refractivity contribution in [2.24, 2.45) is 5.73 Å². The smallest absolute Gasteiger partial charge is 0.153 e. The van der Waals surface area contributed by atoms with Crippen molar-refractivity contribution in [1.82, 2.24) is 4.98 Å². The van der Waals surface area contributed by atoms with Gasteiger partial charge in [0, 0.05) is 17.1 Å². The molecule has 21 heavy (non-hydrogen) atoms. The molecule has 3 aromatic rings. The zero-order valence-electron chi connectivity index (χ0n) is 11.0. The molecule has 3 N–H and O–H groups in total. The number of amidine groups is 1. The van der Waals surface area contributed by atoms with E-state index in [1.54, 1.807) is 24.4 Å². The van der Waals surface area contributed by atoms with Crippen molar-refractivity contribution in [3.63, 3.8) is 0 Å². The molecule has 0 saturated carbocycles.